The SMILES string of the molecule is CC(c1ccccc1)N(C)CC(=O)Nc1ccc2nc(C(F)(F)F)[nH]c2c1. The molecular weight excluding hydrogens is 357 g/mol. The lowest BCUT2D eigenvalue weighted by molar-refractivity contribution is -0.144. The molecule has 2 N–H and O–H groups in total. The summed E-state index contributed by atoms with van der Waals surface area (Å²) < 4.78 is 38.2. The molecule has 1 heterocycles. The Hall–Kier alpha value is -2.87. The summed E-state index contributed by atoms with van der Waals surface area (Å²) in [5, 5.41) is 2.71. The van der Waals surface area contributed by atoms with Gasteiger partial charge in [0.2, 0.25) is 11.7 Å². The molecule has 0 aliphatic carbocycles. The van der Waals surface area contributed by atoms with Crippen LogP contribution >= 0.6 is 0 Å². The Morgan fingerprint density at radius 1 is 1.22 bits per heavy atom. The highest BCUT2D eigenvalue weighted by molar-refractivity contribution is 5.94. The van der Waals surface area contributed by atoms with Crippen LogP contribution in [0.2, 0.25) is 0 Å². The fraction of sp³-hybridized carbons (Fsp3) is 0.263. The molecule has 27 heavy (non-hydrogen) atoms. The van der Waals surface area contributed by atoms with Crippen LogP contribution in [0, 0.1) is 0 Å². The number of alkyl halides is 3. The number of imidazole rings is 1. The second-order valence-corrected chi connectivity index (χ2v) is 6.37. The Kier molecular flexibility index (Phi) is 5.18. The summed E-state index contributed by atoms with van der Waals surface area (Å²) in [5.74, 6) is -1.31. The van der Waals surface area contributed by atoms with E-state index in [9.17, 15) is 18.0 Å². The Labute approximate surface area is 154 Å². The van der Waals surface area contributed by atoms with Crippen LogP contribution in [-0.2, 0) is 11.0 Å². The normalized spacial score (nSPS) is 13.1. The highest BCUT2D eigenvalue weighted by Crippen LogP contribution is 2.29. The summed E-state index contributed by atoms with van der Waals surface area (Å²) >= 11 is 0. The molecular formula is C19H19F3N4O. The third-order valence-corrected chi connectivity index (χ3v) is 4.37. The topological polar surface area (TPSA) is 61.0 Å². The molecule has 142 valence electrons. The minimum absolute atomic E-state index is 0.0429. The van der Waals surface area contributed by atoms with Crippen molar-refractivity contribution < 1.29 is 18.0 Å². The second kappa shape index (κ2) is 7.40. The van der Waals surface area contributed by atoms with Crippen LogP contribution in [-0.4, -0.2) is 34.4 Å². The van der Waals surface area contributed by atoms with Gasteiger partial charge in [0.25, 0.3) is 0 Å². The van der Waals surface area contributed by atoms with Gasteiger partial charge in [-0.1, -0.05) is 30.3 Å². The molecule has 1 atom stereocenters. The molecule has 1 aromatic heterocycles. The van der Waals surface area contributed by atoms with E-state index in [1.54, 1.807) is 0 Å². The zero-order valence-electron chi connectivity index (χ0n) is 14.8. The average molecular weight is 376 g/mol. The van der Waals surface area contributed by atoms with Gasteiger partial charge in [0, 0.05) is 11.7 Å². The minimum Gasteiger partial charge on any atom is -0.334 e. The van der Waals surface area contributed by atoms with Gasteiger partial charge in [-0.2, -0.15) is 13.2 Å². The van der Waals surface area contributed by atoms with Crippen LogP contribution < -0.4 is 5.32 Å². The van der Waals surface area contributed by atoms with Crippen molar-refractivity contribution in [1.29, 1.82) is 0 Å². The van der Waals surface area contributed by atoms with Crippen LogP contribution in [0.1, 0.15) is 24.4 Å². The fourth-order valence-electron chi connectivity index (χ4n) is 2.77. The van der Waals surface area contributed by atoms with Crippen molar-refractivity contribution in [2.45, 2.75) is 19.1 Å². The van der Waals surface area contributed by atoms with E-state index in [-0.39, 0.29) is 29.5 Å². The largest absolute Gasteiger partial charge is 0.449 e. The lowest BCUT2D eigenvalue weighted by Crippen LogP contribution is -2.32. The first-order chi connectivity index (χ1) is 12.7. The minimum atomic E-state index is -4.54. The second-order valence-electron chi connectivity index (χ2n) is 6.37. The van der Waals surface area contributed by atoms with Gasteiger partial charge >= 0.3 is 6.18 Å². The lowest BCUT2D eigenvalue weighted by Gasteiger charge is -2.24. The predicted molar refractivity (Wildman–Crippen MR) is 97.2 cm³/mol. The number of nitrogens with one attached hydrogen (secondary N) is 2. The van der Waals surface area contributed by atoms with Crippen molar-refractivity contribution in [2.24, 2.45) is 0 Å². The van der Waals surface area contributed by atoms with E-state index in [0.29, 0.717) is 5.69 Å². The van der Waals surface area contributed by atoms with Gasteiger partial charge in [0.1, 0.15) is 0 Å². The number of amides is 1. The Bertz CT molecular complexity index is 937. The summed E-state index contributed by atoms with van der Waals surface area (Å²) in [6, 6.07) is 14.2. The van der Waals surface area contributed by atoms with E-state index < -0.39 is 12.0 Å². The van der Waals surface area contributed by atoms with Crippen molar-refractivity contribution in [3.63, 3.8) is 0 Å². The van der Waals surface area contributed by atoms with E-state index >= 15 is 0 Å². The average Bonchev–Trinajstić information content (AvgIpc) is 3.05. The molecule has 5 nitrogen and oxygen atoms in total. The van der Waals surface area contributed by atoms with Gasteiger partial charge in [0.05, 0.1) is 17.6 Å². The van der Waals surface area contributed by atoms with Crippen molar-refractivity contribution in [1.82, 2.24) is 14.9 Å². The molecule has 0 fully saturated rings. The molecule has 0 saturated carbocycles. The number of hydrogen-bond acceptors (Lipinski definition) is 3. The van der Waals surface area contributed by atoms with Crippen LogP contribution in [0.15, 0.2) is 48.5 Å². The van der Waals surface area contributed by atoms with Gasteiger partial charge < -0.3 is 10.3 Å². The highest BCUT2D eigenvalue weighted by atomic mass is 19.4. The number of aromatic amines is 1. The van der Waals surface area contributed by atoms with Gasteiger partial charge in [-0.3, -0.25) is 9.69 Å². The zero-order valence-corrected chi connectivity index (χ0v) is 14.8. The summed E-state index contributed by atoms with van der Waals surface area (Å²) in [5.41, 5.74) is 1.90. The fourth-order valence-corrected chi connectivity index (χ4v) is 2.77. The molecule has 0 aliphatic rings. The maximum absolute atomic E-state index is 12.7. The number of carbonyl (C=O) groups is 1. The quantitative estimate of drug-likeness (QED) is 0.701. The number of aromatic nitrogens is 2. The van der Waals surface area contributed by atoms with E-state index in [2.05, 4.69) is 15.3 Å². The van der Waals surface area contributed by atoms with Crippen LogP contribution in [0.25, 0.3) is 11.0 Å². The number of H-pyrrole nitrogens is 1. The number of anilines is 1. The highest BCUT2D eigenvalue weighted by Gasteiger charge is 2.34. The first-order valence-electron chi connectivity index (χ1n) is 8.36. The number of benzene rings is 2. The Morgan fingerprint density at radius 3 is 2.59 bits per heavy atom. The maximum Gasteiger partial charge on any atom is 0.449 e. The molecule has 0 spiro atoms. The monoisotopic (exact) mass is 376 g/mol. The predicted octanol–water partition coefficient (Wildman–Crippen LogP) is 4.21. The summed E-state index contributed by atoms with van der Waals surface area (Å²) in [4.78, 5) is 19.9. The third kappa shape index (κ3) is 4.46. The summed E-state index contributed by atoms with van der Waals surface area (Å²) in [6.07, 6.45) is -4.54. The zero-order chi connectivity index (χ0) is 19.6. The van der Waals surface area contributed by atoms with Crippen LogP contribution in [0.3, 0.4) is 0 Å². The summed E-state index contributed by atoms with van der Waals surface area (Å²) in [7, 11) is 1.84. The van der Waals surface area contributed by atoms with E-state index in [0.717, 1.165) is 5.56 Å². The van der Waals surface area contributed by atoms with Gasteiger partial charge in [-0.05, 0) is 37.7 Å². The summed E-state index contributed by atoms with van der Waals surface area (Å²) in [6.45, 7) is 2.14. The molecule has 0 aliphatic heterocycles. The number of likely N-dealkylation sites (N-methyl/N-ethyl adjacent to an activating group) is 1. The number of fused-ring (bicyclic) bond motifs is 1. The Balaban J connectivity index is 1.66. The third-order valence-electron chi connectivity index (χ3n) is 4.37. The van der Waals surface area contributed by atoms with E-state index in [1.807, 2.05) is 49.2 Å². The Morgan fingerprint density at radius 2 is 1.93 bits per heavy atom. The molecule has 1 unspecified atom stereocenters. The molecule has 8 heteroatoms. The standard InChI is InChI=1S/C19H19F3N4O/c1-12(13-6-4-3-5-7-13)26(2)11-17(27)23-14-8-9-15-16(10-14)25-18(24-15)19(20,21)22/h3-10,12H,11H2,1-2H3,(H,23,27)(H,24,25). The molecule has 0 saturated heterocycles. The number of halogens is 3. The van der Waals surface area contributed by atoms with Gasteiger partial charge in [-0.25, -0.2) is 4.98 Å². The smallest absolute Gasteiger partial charge is 0.334 e. The number of nitrogens with zero attached hydrogens (tertiary/aromatic N) is 2. The molecule has 1 amide bonds. The first kappa shape index (κ1) is 18.9. The van der Waals surface area contributed by atoms with Crippen molar-refractivity contribution >= 4 is 22.6 Å². The van der Waals surface area contributed by atoms with Crippen LogP contribution in [0.4, 0.5) is 18.9 Å². The van der Waals surface area contributed by atoms with Crippen molar-refractivity contribution in [2.75, 3.05) is 18.9 Å². The maximum atomic E-state index is 12.7. The molecule has 0 radical (unpaired) electrons. The van der Waals surface area contributed by atoms with Gasteiger partial charge in [0.15, 0.2) is 0 Å². The number of hydrogen-bond donors (Lipinski definition) is 2. The molecule has 3 aromatic rings. The molecule has 0 bridgehead atoms. The lowest BCUT2D eigenvalue weighted by atomic mass is 10.1. The van der Waals surface area contributed by atoms with Crippen LogP contribution in [0.5, 0.6) is 0 Å². The van der Waals surface area contributed by atoms with E-state index in [1.165, 1.54) is 18.2 Å². The number of rotatable bonds is 5. The van der Waals surface area contributed by atoms with Gasteiger partial charge in [-0.15, -0.1) is 0 Å². The first-order valence-corrected chi connectivity index (χ1v) is 8.36. The molecule has 2 aromatic carbocycles. The van der Waals surface area contributed by atoms with Crippen molar-refractivity contribution in [3.05, 3.63) is 59.9 Å². The van der Waals surface area contributed by atoms with Crippen molar-refractivity contribution in [3.8, 4) is 0 Å². The molecule has 3 rings (SSSR count). The van der Waals surface area contributed by atoms with E-state index in [4.69, 9.17) is 0 Å². The number of carbonyl (C=O) groups excluding carboxylic acids is 1.